The van der Waals surface area contributed by atoms with E-state index in [0.717, 1.165) is 50.0 Å². The Morgan fingerprint density at radius 2 is 0.821 bits per heavy atom. The Kier molecular flexibility index (Phi) is 6.55. The van der Waals surface area contributed by atoms with Crippen molar-refractivity contribution in [1.29, 1.82) is 0 Å². The molecule has 0 saturated carbocycles. The minimum atomic E-state index is -0.583. The van der Waals surface area contributed by atoms with E-state index in [1.807, 2.05) is 18.2 Å². The van der Waals surface area contributed by atoms with E-state index >= 15 is 0 Å². The van der Waals surface area contributed by atoms with E-state index in [1.165, 1.54) is 55.6 Å². The summed E-state index contributed by atoms with van der Waals surface area (Å²) >= 11 is 0. The Balaban J connectivity index is 1.15. The van der Waals surface area contributed by atoms with Crippen LogP contribution < -0.4 is 0 Å². The lowest BCUT2D eigenvalue weighted by molar-refractivity contribution is 0.669. The Hall–Kier alpha value is -7.36. The van der Waals surface area contributed by atoms with Crippen LogP contribution in [-0.4, -0.2) is 9.97 Å². The van der Waals surface area contributed by atoms with Crippen molar-refractivity contribution in [1.82, 2.24) is 9.97 Å². The second-order valence-electron chi connectivity index (χ2n) is 14.8. The number of fused-ring (bicyclic) bond motifs is 15. The summed E-state index contributed by atoms with van der Waals surface area (Å²) in [4.78, 5) is 10.7. The van der Waals surface area contributed by atoms with Gasteiger partial charge in [0.05, 0.1) is 16.8 Å². The van der Waals surface area contributed by atoms with Crippen LogP contribution in [0.4, 0.5) is 0 Å². The van der Waals surface area contributed by atoms with Gasteiger partial charge in [0.2, 0.25) is 0 Å². The van der Waals surface area contributed by atoms with Gasteiger partial charge in [-0.25, -0.2) is 9.97 Å². The topological polar surface area (TPSA) is 38.9 Å². The molecule has 56 heavy (non-hydrogen) atoms. The molecule has 0 unspecified atom stereocenters. The monoisotopic (exact) mass is 712 g/mol. The maximum atomic E-state index is 6.34. The van der Waals surface area contributed by atoms with Gasteiger partial charge in [0, 0.05) is 27.5 Å². The van der Waals surface area contributed by atoms with Crippen molar-refractivity contribution in [3.63, 3.8) is 0 Å². The molecule has 0 bridgehead atoms. The zero-order chi connectivity index (χ0) is 36.8. The molecule has 0 saturated heterocycles. The lowest BCUT2D eigenvalue weighted by Gasteiger charge is -2.35. The minimum absolute atomic E-state index is 0.583. The molecule has 0 aliphatic heterocycles. The highest BCUT2D eigenvalue weighted by Gasteiger charge is 2.49. The highest BCUT2D eigenvalue weighted by Crippen LogP contribution is 2.61. The van der Waals surface area contributed by atoms with Crippen LogP contribution in [0, 0.1) is 0 Å². The lowest BCUT2D eigenvalue weighted by atomic mass is 9.65. The molecule has 0 N–H and O–H groups in total. The van der Waals surface area contributed by atoms with E-state index in [4.69, 9.17) is 14.4 Å². The van der Waals surface area contributed by atoms with Crippen molar-refractivity contribution in [2.45, 2.75) is 5.41 Å². The van der Waals surface area contributed by atoms with Crippen LogP contribution >= 0.6 is 0 Å². The third-order valence-electron chi connectivity index (χ3n) is 11.9. The molecule has 10 aromatic rings. The van der Waals surface area contributed by atoms with Crippen molar-refractivity contribution in [3.8, 4) is 67.3 Å². The molecule has 0 fully saturated rings. The average molecular weight is 713 g/mol. The fourth-order valence-corrected chi connectivity index (χ4v) is 9.55. The zero-order valence-electron chi connectivity index (χ0n) is 30.3. The average Bonchev–Trinajstić information content (AvgIpc) is 3.76. The maximum Gasteiger partial charge on any atom is 0.160 e. The fourth-order valence-electron chi connectivity index (χ4n) is 9.55. The summed E-state index contributed by atoms with van der Waals surface area (Å²) in [6, 6.07) is 69.8. The smallest absolute Gasteiger partial charge is 0.160 e. The molecule has 0 radical (unpaired) electrons. The first kappa shape index (κ1) is 31.0. The van der Waals surface area contributed by atoms with Crippen LogP contribution in [0.15, 0.2) is 199 Å². The van der Waals surface area contributed by atoms with Gasteiger partial charge in [-0.1, -0.05) is 164 Å². The standard InChI is InChI=1S/C53H32N2O/c1-2-14-33(15-3-1)48-32-49(34-26-29-43-42-21-9-13-25-50(42)56-51(43)31-34)55-52(54-48)35-27-28-41-37-17-5-4-16-36(37)38-18-6-10-22-44(38)53(47(41)30-35)45-23-11-7-19-39(45)40-20-8-12-24-46(40)53/h1-32H. The third kappa shape index (κ3) is 4.34. The van der Waals surface area contributed by atoms with Crippen molar-refractivity contribution < 1.29 is 4.42 Å². The summed E-state index contributed by atoms with van der Waals surface area (Å²) in [5.41, 5.74) is 18.4. The Morgan fingerprint density at radius 3 is 1.50 bits per heavy atom. The van der Waals surface area contributed by atoms with Gasteiger partial charge >= 0.3 is 0 Å². The summed E-state index contributed by atoms with van der Waals surface area (Å²) in [5.74, 6) is 0.675. The predicted molar refractivity (Wildman–Crippen MR) is 227 cm³/mol. The number of benzene rings is 8. The molecular weight excluding hydrogens is 681 g/mol. The summed E-state index contributed by atoms with van der Waals surface area (Å²) < 4.78 is 6.34. The molecular formula is C53H32N2O. The van der Waals surface area contributed by atoms with Gasteiger partial charge < -0.3 is 4.42 Å². The summed E-state index contributed by atoms with van der Waals surface area (Å²) in [5, 5.41) is 2.20. The Labute approximate surface area is 324 Å². The number of hydrogen-bond donors (Lipinski definition) is 0. The molecule has 0 amide bonds. The van der Waals surface area contributed by atoms with Gasteiger partial charge in [0.15, 0.2) is 5.82 Å². The molecule has 12 rings (SSSR count). The highest BCUT2D eigenvalue weighted by atomic mass is 16.3. The number of furan rings is 1. The molecule has 0 atom stereocenters. The number of nitrogens with zero attached hydrogens (tertiary/aromatic N) is 2. The summed E-state index contributed by atoms with van der Waals surface area (Å²) in [7, 11) is 0. The van der Waals surface area contributed by atoms with E-state index in [0.29, 0.717) is 5.82 Å². The highest BCUT2D eigenvalue weighted by molar-refractivity contribution is 6.06. The molecule has 3 nitrogen and oxygen atoms in total. The quantitative estimate of drug-likeness (QED) is 0.183. The second-order valence-corrected chi connectivity index (χ2v) is 14.8. The zero-order valence-corrected chi connectivity index (χ0v) is 30.3. The van der Waals surface area contributed by atoms with Crippen LogP contribution in [0.3, 0.4) is 0 Å². The largest absolute Gasteiger partial charge is 0.456 e. The predicted octanol–water partition coefficient (Wildman–Crippen LogP) is 13.4. The Morgan fingerprint density at radius 1 is 0.321 bits per heavy atom. The summed E-state index contributed by atoms with van der Waals surface area (Å²) in [6.07, 6.45) is 0. The van der Waals surface area contributed by atoms with Crippen molar-refractivity contribution >= 4 is 21.9 Å². The molecule has 2 aliphatic carbocycles. The van der Waals surface area contributed by atoms with E-state index in [-0.39, 0.29) is 0 Å². The molecule has 2 aromatic heterocycles. The van der Waals surface area contributed by atoms with Gasteiger partial charge in [0.1, 0.15) is 11.2 Å². The fraction of sp³-hybridized carbons (Fsp3) is 0.0189. The SMILES string of the molecule is c1ccc(-c2cc(-c3ccc4c(c3)oc3ccccc34)nc(-c3ccc4c(c3)C3(c5ccccc5-c5ccccc5-4)c4ccccc4-c4ccccc43)n2)cc1. The van der Waals surface area contributed by atoms with Gasteiger partial charge in [-0.15, -0.1) is 0 Å². The van der Waals surface area contributed by atoms with E-state index in [1.54, 1.807) is 0 Å². The van der Waals surface area contributed by atoms with E-state index in [9.17, 15) is 0 Å². The van der Waals surface area contributed by atoms with Crippen LogP contribution in [0.5, 0.6) is 0 Å². The minimum Gasteiger partial charge on any atom is -0.456 e. The first-order chi connectivity index (χ1) is 27.8. The molecule has 1 spiro atoms. The van der Waals surface area contributed by atoms with Crippen LogP contribution in [-0.2, 0) is 5.41 Å². The van der Waals surface area contributed by atoms with E-state index < -0.39 is 5.41 Å². The summed E-state index contributed by atoms with van der Waals surface area (Å²) in [6.45, 7) is 0. The van der Waals surface area contributed by atoms with Crippen LogP contribution in [0.2, 0.25) is 0 Å². The van der Waals surface area contributed by atoms with Crippen molar-refractivity contribution in [2.75, 3.05) is 0 Å². The third-order valence-corrected chi connectivity index (χ3v) is 11.9. The molecule has 2 aliphatic rings. The van der Waals surface area contributed by atoms with Crippen LogP contribution in [0.25, 0.3) is 89.2 Å². The van der Waals surface area contributed by atoms with Crippen molar-refractivity contribution in [2.24, 2.45) is 0 Å². The van der Waals surface area contributed by atoms with Gasteiger partial charge in [-0.2, -0.15) is 0 Å². The molecule has 3 heteroatoms. The molecule has 2 heterocycles. The molecule has 8 aromatic carbocycles. The number of aromatic nitrogens is 2. The first-order valence-corrected chi connectivity index (χ1v) is 19.2. The normalized spacial score (nSPS) is 13.1. The molecule has 260 valence electrons. The van der Waals surface area contributed by atoms with Gasteiger partial charge in [0.25, 0.3) is 0 Å². The number of hydrogen-bond acceptors (Lipinski definition) is 3. The van der Waals surface area contributed by atoms with E-state index in [2.05, 4.69) is 176 Å². The lowest BCUT2D eigenvalue weighted by Crippen LogP contribution is -2.29. The number of rotatable bonds is 3. The maximum absolute atomic E-state index is 6.34. The Bertz CT molecular complexity index is 3170. The first-order valence-electron chi connectivity index (χ1n) is 19.2. The number of para-hydroxylation sites is 1. The van der Waals surface area contributed by atoms with Gasteiger partial charge in [-0.3, -0.25) is 0 Å². The van der Waals surface area contributed by atoms with Crippen LogP contribution in [0.1, 0.15) is 22.3 Å². The second kappa shape index (κ2) is 11.8. The van der Waals surface area contributed by atoms with Crippen molar-refractivity contribution in [3.05, 3.63) is 216 Å². The van der Waals surface area contributed by atoms with Gasteiger partial charge in [-0.05, 0) is 86.0 Å².